The topological polar surface area (TPSA) is 90.1 Å². The number of hydrogen-bond acceptors (Lipinski definition) is 5. The maximum Gasteiger partial charge on any atom is 0.262 e. The molecular weight excluding hydrogens is 359 g/mol. The molecule has 0 fully saturated rings. The summed E-state index contributed by atoms with van der Waals surface area (Å²) >= 11 is 2.05. The van der Waals surface area contributed by atoms with E-state index in [1.54, 1.807) is 24.5 Å². The highest BCUT2D eigenvalue weighted by molar-refractivity contribution is 14.1. The summed E-state index contributed by atoms with van der Waals surface area (Å²) in [7, 11) is 1.47. The zero-order valence-corrected chi connectivity index (χ0v) is 12.2. The van der Waals surface area contributed by atoms with Gasteiger partial charge >= 0.3 is 0 Å². The predicted molar refractivity (Wildman–Crippen MR) is 80.1 cm³/mol. The molecule has 2 heterocycles. The van der Waals surface area contributed by atoms with Crippen molar-refractivity contribution in [2.45, 2.75) is 0 Å². The number of hydrogen-bond donors (Lipinski definition) is 2. The van der Waals surface area contributed by atoms with Crippen LogP contribution >= 0.6 is 22.6 Å². The van der Waals surface area contributed by atoms with Gasteiger partial charge in [0.05, 0.1) is 24.7 Å². The van der Waals surface area contributed by atoms with E-state index < -0.39 is 0 Å². The molecule has 0 saturated heterocycles. The first-order valence-corrected chi connectivity index (χ1v) is 6.40. The SMILES string of the molecule is COc1nccc(I)c1C(=O)Nc1cnccc1N. The number of amides is 1. The van der Waals surface area contributed by atoms with Gasteiger partial charge in [-0.25, -0.2) is 4.98 Å². The molecule has 2 rings (SSSR count). The molecule has 0 saturated carbocycles. The van der Waals surface area contributed by atoms with E-state index in [4.69, 9.17) is 10.5 Å². The normalized spacial score (nSPS) is 10.0. The fourth-order valence-electron chi connectivity index (χ4n) is 1.48. The predicted octanol–water partition coefficient (Wildman–Crippen LogP) is 1.92. The monoisotopic (exact) mass is 370 g/mol. The Morgan fingerprint density at radius 2 is 2.21 bits per heavy atom. The van der Waals surface area contributed by atoms with Gasteiger partial charge in [-0.05, 0) is 34.7 Å². The standard InChI is InChI=1S/C12H11IN4O2/c1-19-12-10(7(13)2-5-16-12)11(18)17-9-6-15-4-3-8(9)14/h2-6H,1H3,(H2,14,15)(H,17,18). The largest absolute Gasteiger partial charge is 0.480 e. The van der Waals surface area contributed by atoms with E-state index in [9.17, 15) is 4.79 Å². The molecule has 2 aromatic rings. The van der Waals surface area contributed by atoms with Gasteiger partial charge < -0.3 is 15.8 Å². The van der Waals surface area contributed by atoms with Crippen LogP contribution < -0.4 is 15.8 Å². The lowest BCUT2D eigenvalue weighted by Crippen LogP contribution is -2.16. The van der Waals surface area contributed by atoms with Crippen LogP contribution in [0.3, 0.4) is 0 Å². The Morgan fingerprint density at radius 3 is 2.89 bits per heavy atom. The molecular formula is C12H11IN4O2. The molecule has 0 aromatic carbocycles. The number of aromatic nitrogens is 2. The number of rotatable bonds is 3. The number of carbonyl (C=O) groups excluding carboxylic acids is 1. The third-order valence-corrected chi connectivity index (χ3v) is 3.29. The van der Waals surface area contributed by atoms with E-state index in [0.29, 0.717) is 16.9 Å². The molecule has 2 aromatic heterocycles. The summed E-state index contributed by atoms with van der Waals surface area (Å²) in [5.41, 5.74) is 7.02. The Kier molecular flexibility index (Phi) is 4.15. The van der Waals surface area contributed by atoms with E-state index in [-0.39, 0.29) is 11.8 Å². The van der Waals surface area contributed by atoms with Gasteiger partial charge in [-0.2, -0.15) is 0 Å². The Balaban J connectivity index is 2.33. The molecule has 0 aliphatic heterocycles. The molecule has 98 valence electrons. The van der Waals surface area contributed by atoms with E-state index in [2.05, 4.69) is 15.3 Å². The minimum atomic E-state index is -0.339. The quantitative estimate of drug-likeness (QED) is 0.806. The van der Waals surface area contributed by atoms with Crippen molar-refractivity contribution >= 4 is 39.9 Å². The number of nitrogens with zero attached hydrogens (tertiary/aromatic N) is 2. The highest BCUT2D eigenvalue weighted by Gasteiger charge is 2.18. The van der Waals surface area contributed by atoms with Crippen molar-refractivity contribution in [3.05, 3.63) is 39.9 Å². The summed E-state index contributed by atoms with van der Waals surface area (Å²) in [6.07, 6.45) is 4.62. The summed E-state index contributed by atoms with van der Waals surface area (Å²) < 4.78 is 5.83. The van der Waals surface area contributed by atoms with Gasteiger partial charge in [0, 0.05) is 16.0 Å². The molecule has 0 spiro atoms. The summed E-state index contributed by atoms with van der Waals surface area (Å²) in [5, 5.41) is 2.69. The molecule has 7 heteroatoms. The van der Waals surface area contributed by atoms with Crippen LogP contribution in [-0.4, -0.2) is 23.0 Å². The Morgan fingerprint density at radius 1 is 1.42 bits per heavy atom. The maximum absolute atomic E-state index is 12.2. The lowest BCUT2D eigenvalue weighted by atomic mass is 10.2. The van der Waals surface area contributed by atoms with Gasteiger partial charge in [0.1, 0.15) is 5.56 Å². The third-order valence-electron chi connectivity index (χ3n) is 2.39. The average Bonchev–Trinajstić information content (AvgIpc) is 2.40. The number of pyridine rings is 2. The fraction of sp³-hybridized carbons (Fsp3) is 0.0833. The summed E-state index contributed by atoms with van der Waals surface area (Å²) in [6, 6.07) is 3.34. The van der Waals surface area contributed by atoms with Crippen LogP contribution in [0.25, 0.3) is 0 Å². The molecule has 0 radical (unpaired) electrons. The highest BCUT2D eigenvalue weighted by atomic mass is 127. The van der Waals surface area contributed by atoms with Gasteiger partial charge in [0.2, 0.25) is 5.88 Å². The molecule has 19 heavy (non-hydrogen) atoms. The molecule has 3 N–H and O–H groups in total. The first kappa shape index (κ1) is 13.5. The van der Waals surface area contributed by atoms with Crippen LogP contribution in [0, 0.1) is 3.57 Å². The van der Waals surface area contributed by atoms with Crippen LogP contribution in [0.1, 0.15) is 10.4 Å². The Bertz CT molecular complexity index is 618. The lowest BCUT2D eigenvalue weighted by molar-refractivity contribution is 0.102. The van der Waals surface area contributed by atoms with Crippen LogP contribution in [0.2, 0.25) is 0 Å². The first-order chi connectivity index (χ1) is 9.13. The second kappa shape index (κ2) is 5.83. The zero-order valence-electron chi connectivity index (χ0n) is 10.1. The lowest BCUT2D eigenvalue weighted by Gasteiger charge is -2.10. The van der Waals surface area contributed by atoms with Crippen molar-refractivity contribution in [1.29, 1.82) is 0 Å². The van der Waals surface area contributed by atoms with Gasteiger partial charge in [-0.15, -0.1) is 0 Å². The number of anilines is 2. The number of nitrogens with two attached hydrogens (primary N) is 1. The maximum atomic E-state index is 12.2. The van der Waals surface area contributed by atoms with E-state index in [1.807, 2.05) is 22.6 Å². The summed E-state index contributed by atoms with van der Waals surface area (Å²) in [6.45, 7) is 0. The Labute approximate surface area is 123 Å². The molecule has 0 aliphatic carbocycles. The molecule has 0 aliphatic rings. The molecule has 0 unspecified atom stereocenters. The fourth-order valence-corrected chi connectivity index (χ4v) is 2.11. The number of halogens is 1. The molecule has 6 nitrogen and oxygen atoms in total. The van der Waals surface area contributed by atoms with Crippen LogP contribution in [-0.2, 0) is 0 Å². The van der Waals surface area contributed by atoms with Gasteiger partial charge in [0.25, 0.3) is 5.91 Å². The number of methoxy groups -OCH3 is 1. The van der Waals surface area contributed by atoms with Gasteiger partial charge in [-0.3, -0.25) is 9.78 Å². The minimum Gasteiger partial charge on any atom is -0.480 e. The smallest absolute Gasteiger partial charge is 0.262 e. The third kappa shape index (κ3) is 2.92. The van der Waals surface area contributed by atoms with E-state index >= 15 is 0 Å². The highest BCUT2D eigenvalue weighted by Crippen LogP contribution is 2.23. The van der Waals surface area contributed by atoms with Crippen molar-refractivity contribution in [3.63, 3.8) is 0 Å². The average molecular weight is 370 g/mol. The molecule has 0 atom stereocenters. The number of ether oxygens (including phenoxy) is 1. The second-order valence-corrected chi connectivity index (χ2v) is 4.76. The van der Waals surface area contributed by atoms with Crippen molar-refractivity contribution in [3.8, 4) is 5.88 Å². The van der Waals surface area contributed by atoms with Crippen LogP contribution in [0.5, 0.6) is 5.88 Å². The van der Waals surface area contributed by atoms with Crippen molar-refractivity contribution in [2.24, 2.45) is 0 Å². The second-order valence-electron chi connectivity index (χ2n) is 3.59. The molecule has 1 amide bonds. The number of nitrogen functional groups attached to an aromatic ring is 1. The van der Waals surface area contributed by atoms with E-state index in [0.717, 1.165) is 3.57 Å². The molecule has 0 bridgehead atoms. The van der Waals surface area contributed by atoms with Crippen molar-refractivity contribution in [2.75, 3.05) is 18.2 Å². The van der Waals surface area contributed by atoms with Crippen molar-refractivity contribution in [1.82, 2.24) is 9.97 Å². The van der Waals surface area contributed by atoms with Crippen LogP contribution in [0.15, 0.2) is 30.7 Å². The van der Waals surface area contributed by atoms with Crippen molar-refractivity contribution < 1.29 is 9.53 Å². The van der Waals surface area contributed by atoms with Gasteiger partial charge in [-0.1, -0.05) is 0 Å². The number of nitrogens with one attached hydrogen (secondary N) is 1. The summed E-state index contributed by atoms with van der Waals surface area (Å²) in [5.74, 6) is -0.0686. The number of carbonyl (C=O) groups is 1. The van der Waals surface area contributed by atoms with Gasteiger partial charge in [0.15, 0.2) is 0 Å². The summed E-state index contributed by atoms with van der Waals surface area (Å²) in [4.78, 5) is 20.2. The van der Waals surface area contributed by atoms with Crippen LogP contribution in [0.4, 0.5) is 11.4 Å². The minimum absolute atomic E-state index is 0.270. The Hall–Kier alpha value is -1.90. The zero-order chi connectivity index (χ0) is 13.8. The van der Waals surface area contributed by atoms with E-state index in [1.165, 1.54) is 13.3 Å². The first-order valence-electron chi connectivity index (χ1n) is 5.33.